The van der Waals surface area contributed by atoms with Crippen LogP contribution >= 0.6 is 45.8 Å². The van der Waals surface area contributed by atoms with Gasteiger partial charge in [-0.25, -0.2) is 19.3 Å². The summed E-state index contributed by atoms with van der Waals surface area (Å²) in [6.45, 7) is 10.5. The largest absolute Gasteiger partial charge is 1.00 e. The van der Waals surface area contributed by atoms with E-state index in [4.69, 9.17) is 44.5 Å². The van der Waals surface area contributed by atoms with E-state index in [-0.39, 0.29) is 47.7 Å². The van der Waals surface area contributed by atoms with Gasteiger partial charge in [0.2, 0.25) is 11.8 Å². The van der Waals surface area contributed by atoms with Crippen molar-refractivity contribution in [3.8, 4) is 17.6 Å². The molecule has 2 amide bonds. The fourth-order valence-electron chi connectivity index (χ4n) is 6.86. The minimum atomic E-state index is -0.0436. The third-order valence-electron chi connectivity index (χ3n) is 9.91. The Kier molecular flexibility index (Phi) is 16.2. The quantitative estimate of drug-likeness (QED) is 0.107. The molecule has 0 spiro atoms. The Balaban J connectivity index is 0.000000215. The van der Waals surface area contributed by atoms with Crippen LogP contribution in [0.1, 0.15) is 5.69 Å². The summed E-state index contributed by atoms with van der Waals surface area (Å²) in [7, 11) is 3.20. The second kappa shape index (κ2) is 21.2. The van der Waals surface area contributed by atoms with Gasteiger partial charge in [0, 0.05) is 88.3 Å². The molecule has 0 atom stereocenters. The van der Waals surface area contributed by atoms with Crippen molar-refractivity contribution in [1.82, 2.24) is 39.3 Å². The van der Waals surface area contributed by atoms with Gasteiger partial charge in [-0.15, -0.1) is 0 Å². The second-order valence-electron chi connectivity index (χ2n) is 13.2. The molecule has 2 fully saturated rings. The van der Waals surface area contributed by atoms with Gasteiger partial charge in [0.25, 0.3) is 0 Å². The Labute approximate surface area is 380 Å². The predicted octanol–water partition coefficient (Wildman–Crippen LogP) is 5.45. The first-order valence-electron chi connectivity index (χ1n) is 18.3. The van der Waals surface area contributed by atoms with Crippen LogP contribution in [0, 0.1) is 26.9 Å². The van der Waals surface area contributed by atoms with Crippen LogP contribution in [-0.2, 0) is 39.7 Å². The number of anilines is 2. The minimum absolute atomic E-state index is 0. The van der Waals surface area contributed by atoms with E-state index in [0.717, 1.165) is 39.2 Å². The van der Waals surface area contributed by atoms with Crippen LogP contribution in [0.5, 0.6) is 11.5 Å². The summed E-state index contributed by atoms with van der Waals surface area (Å²) in [6, 6.07) is 20.9. The van der Waals surface area contributed by atoms with E-state index in [0.29, 0.717) is 71.8 Å². The van der Waals surface area contributed by atoms with Crippen molar-refractivity contribution in [1.29, 1.82) is 10.5 Å². The summed E-state index contributed by atoms with van der Waals surface area (Å²) < 4.78 is 14.6. The van der Waals surface area contributed by atoms with E-state index in [1.54, 1.807) is 43.4 Å². The molecule has 60 heavy (non-hydrogen) atoms. The molecule has 314 valence electrons. The van der Waals surface area contributed by atoms with E-state index < -0.39 is 0 Å². The molecule has 2 aliphatic heterocycles. The van der Waals surface area contributed by atoms with Crippen molar-refractivity contribution in [3.05, 3.63) is 99.1 Å². The molecular weight excluding hydrogens is 974 g/mol. The summed E-state index contributed by atoms with van der Waals surface area (Å²) >= 11 is 14.4. The van der Waals surface area contributed by atoms with Gasteiger partial charge in [-0.3, -0.25) is 9.59 Å². The Bertz CT molecular complexity index is 2510. The Morgan fingerprint density at radius 1 is 0.717 bits per heavy atom. The second-order valence-corrected chi connectivity index (χ2v) is 15.0. The number of carbonyl (C=O) groups is 2. The van der Waals surface area contributed by atoms with Crippen molar-refractivity contribution < 1.29 is 36.1 Å². The molecule has 0 N–H and O–H groups in total. The maximum Gasteiger partial charge on any atom is 1.00 e. The Morgan fingerprint density at radius 3 is 1.60 bits per heavy atom. The van der Waals surface area contributed by atoms with Crippen LogP contribution in [0.4, 0.5) is 11.4 Å². The molecule has 8 rings (SSSR count). The molecule has 0 unspecified atom stereocenters. The smallest absolute Gasteiger partial charge is 0.512 e. The molecule has 2 aliphatic rings. The van der Waals surface area contributed by atoms with E-state index in [2.05, 4.69) is 58.6 Å². The number of pyridine rings is 2. The fraction of sp³-hybridized carbons (Fsp3) is 0.300. The number of rotatable bonds is 8. The number of carbonyl (C=O) groups excluding carboxylic acids is 2. The fourth-order valence-corrected chi connectivity index (χ4v) is 7.93. The summed E-state index contributed by atoms with van der Waals surface area (Å²) in [5, 5.41) is 27.0. The molecule has 20 heteroatoms. The number of hydrogen-bond acceptors (Lipinski definition) is 12. The monoisotopic (exact) mass is 1010 g/mol. The average molecular weight is 1010 g/mol. The van der Waals surface area contributed by atoms with Crippen LogP contribution in [0.3, 0.4) is 0 Å². The molecule has 0 bridgehead atoms. The van der Waals surface area contributed by atoms with Gasteiger partial charge in [0.1, 0.15) is 34.4 Å². The third kappa shape index (κ3) is 10.3. The number of aromatic nitrogens is 6. The SMILES string of the molecule is COc1cc(N2CCN(C(=O)Cn3nc(C#N)c4cccnc43)CC2)ccc1Cl.COc1cc(N2CCN(C(=O)Cn3nc(I)c4cccnc43)CC2)ccc1Cl.[C-]#N.[Cu+]. The maximum absolute atomic E-state index is 12.8. The zero-order valence-electron chi connectivity index (χ0n) is 32.4. The number of benzene rings is 2. The number of amides is 2. The van der Waals surface area contributed by atoms with Crippen molar-refractivity contribution in [2.24, 2.45) is 0 Å². The molecule has 0 radical (unpaired) electrons. The van der Waals surface area contributed by atoms with Gasteiger partial charge in [-0.2, -0.15) is 15.5 Å². The molecule has 0 saturated carbocycles. The standard InChI is InChI=1S/C20H19ClN6O2.C19H19ClIN5O2.CN.Cu/c1-29-18-11-14(4-5-16(18)21)25-7-9-26(10-8-25)19(28)13-27-20-15(3-2-6-23-20)17(12-22)24-27;1-28-16-11-13(4-5-15(16)20)24-7-9-25(10-8-24)17(27)12-26-19-14(18(21)23-26)3-2-6-22-19;1-2;/h2-6,11H,7-10,13H2,1H3;2-6,11H,7-10,12H2,1H3;;/q;;-1;+1. The van der Waals surface area contributed by atoms with Crippen LogP contribution in [0.15, 0.2) is 73.1 Å². The molecule has 6 heterocycles. The van der Waals surface area contributed by atoms with Crippen LogP contribution in [0.2, 0.25) is 10.0 Å². The summed E-state index contributed by atoms with van der Waals surface area (Å²) in [4.78, 5) is 42.3. The first-order chi connectivity index (χ1) is 28.7. The summed E-state index contributed by atoms with van der Waals surface area (Å²) in [6.07, 6.45) is 3.35. The summed E-state index contributed by atoms with van der Waals surface area (Å²) in [5.41, 5.74) is 3.63. The maximum atomic E-state index is 12.8. The number of piperazine rings is 2. The zero-order valence-corrected chi connectivity index (χ0v) is 37.0. The molecule has 6 aromatic rings. The van der Waals surface area contributed by atoms with Crippen LogP contribution < -0.4 is 19.3 Å². The number of ether oxygens (including phenoxy) is 2. The number of methoxy groups -OCH3 is 2. The number of halogens is 3. The molecule has 0 aliphatic carbocycles. The van der Waals surface area contributed by atoms with E-state index in [9.17, 15) is 14.9 Å². The molecule has 2 saturated heterocycles. The van der Waals surface area contributed by atoms with Gasteiger partial charge in [-0.1, -0.05) is 23.2 Å². The van der Waals surface area contributed by atoms with Gasteiger partial charge in [-0.05, 0) is 71.1 Å². The summed E-state index contributed by atoms with van der Waals surface area (Å²) in [5.74, 6) is 1.30. The van der Waals surface area contributed by atoms with Gasteiger partial charge in [0.05, 0.1) is 35.0 Å². The average Bonchev–Trinajstić information content (AvgIpc) is 3.80. The molecule has 2 aromatic carbocycles. The Morgan fingerprint density at radius 2 is 1.15 bits per heavy atom. The minimum Gasteiger partial charge on any atom is -0.512 e. The van der Waals surface area contributed by atoms with E-state index in [1.807, 2.05) is 58.3 Å². The van der Waals surface area contributed by atoms with Gasteiger partial charge >= 0.3 is 17.1 Å². The van der Waals surface area contributed by atoms with Crippen LogP contribution in [-0.4, -0.2) is 118 Å². The Hall–Kier alpha value is -5.37. The van der Waals surface area contributed by atoms with Crippen molar-refractivity contribution in [2.75, 3.05) is 76.4 Å². The van der Waals surface area contributed by atoms with Gasteiger partial charge in [0.15, 0.2) is 17.0 Å². The molecular formula is C40H38Cl2CuIN12O4. The third-order valence-corrected chi connectivity index (χ3v) is 11.3. The number of nitriles is 1. The number of nitrogens with zero attached hydrogens (tertiary/aromatic N) is 12. The normalized spacial score (nSPS) is 13.6. The first-order valence-corrected chi connectivity index (χ1v) is 20.1. The first kappa shape index (κ1) is 45.7. The van der Waals surface area contributed by atoms with E-state index in [1.165, 1.54) is 4.68 Å². The number of fused-ring (bicyclic) bond motifs is 2. The molecule has 4 aromatic heterocycles. The van der Waals surface area contributed by atoms with E-state index >= 15 is 0 Å². The zero-order chi connectivity index (χ0) is 42.1. The van der Waals surface area contributed by atoms with Crippen molar-refractivity contribution in [3.63, 3.8) is 0 Å². The van der Waals surface area contributed by atoms with Crippen LogP contribution in [0.25, 0.3) is 22.1 Å². The predicted molar refractivity (Wildman–Crippen MR) is 231 cm³/mol. The van der Waals surface area contributed by atoms with Crippen molar-refractivity contribution in [2.45, 2.75) is 13.1 Å². The van der Waals surface area contributed by atoms with Crippen molar-refractivity contribution >= 4 is 91.0 Å². The topological polar surface area (TPSA) is 175 Å². The molecule has 16 nitrogen and oxygen atoms in total. The number of hydrogen-bond donors (Lipinski definition) is 0. The van der Waals surface area contributed by atoms with Gasteiger partial charge < -0.3 is 40.9 Å².